The number of aliphatic hydroxyl groups excluding tert-OH is 1. The van der Waals surface area contributed by atoms with E-state index in [9.17, 15) is 5.11 Å². The number of fused-ring (bicyclic) bond motifs is 1. The Balaban J connectivity index is 2.23. The predicted molar refractivity (Wildman–Crippen MR) is 45.7 cm³/mol. The van der Waals surface area contributed by atoms with E-state index < -0.39 is 0 Å². The highest BCUT2D eigenvalue weighted by molar-refractivity contribution is 4.99. The zero-order valence-corrected chi connectivity index (χ0v) is 7.27. The van der Waals surface area contributed by atoms with E-state index in [4.69, 9.17) is 0 Å². The number of aromatic nitrogens is 2. The van der Waals surface area contributed by atoms with Crippen molar-refractivity contribution in [1.29, 1.82) is 0 Å². The van der Waals surface area contributed by atoms with Crippen molar-refractivity contribution < 1.29 is 5.11 Å². The Kier molecular flexibility index (Phi) is 1.89. The topological polar surface area (TPSA) is 38.0 Å². The Bertz CT molecular complexity index is 269. The molecular weight excluding hydrogens is 152 g/mol. The molecule has 0 saturated heterocycles. The first-order chi connectivity index (χ1) is 5.81. The molecule has 0 amide bonds. The van der Waals surface area contributed by atoms with Gasteiger partial charge in [-0.15, -0.1) is 0 Å². The summed E-state index contributed by atoms with van der Waals surface area (Å²) in [5.74, 6) is 1.52. The number of nitrogens with zero attached hydrogens (tertiary/aromatic N) is 2. The molecule has 1 aliphatic heterocycles. The molecule has 0 aliphatic carbocycles. The average molecular weight is 166 g/mol. The monoisotopic (exact) mass is 166 g/mol. The Hall–Kier alpha value is -0.830. The summed E-state index contributed by atoms with van der Waals surface area (Å²) in [5.41, 5.74) is 0. The molecule has 2 heterocycles. The first kappa shape index (κ1) is 7.80. The van der Waals surface area contributed by atoms with Crippen LogP contribution in [0.1, 0.15) is 19.2 Å². The first-order valence-corrected chi connectivity index (χ1v) is 4.49. The van der Waals surface area contributed by atoms with E-state index in [1.54, 1.807) is 6.20 Å². The summed E-state index contributed by atoms with van der Waals surface area (Å²) < 4.78 is 2.04. The summed E-state index contributed by atoms with van der Waals surface area (Å²) in [6.45, 7) is 2.83. The molecule has 2 unspecified atom stereocenters. The van der Waals surface area contributed by atoms with Crippen LogP contribution in [-0.4, -0.2) is 20.8 Å². The largest absolute Gasteiger partial charge is 0.391 e. The van der Waals surface area contributed by atoms with Gasteiger partial charge in [0.25, 0.3) is 0 Å². The van der Waals surface area contributed by atoms with Crippen molar-refractivity contribution in [3.8, 4) is 0 Å². The van der Waals surface area contributed by atoms with Gasteiger partial charge in [0.15, 0.2) is 0 Å². The van der Waals surface area contributed by atoms with Crippen molar-refractivity contribution in [2.75, 3.05) is 0 Å². The van der Waals surface area contributed by atoms with Crippen LogP contribution in [-0.2, 0) is 13.0 Å². The van der Waals surface area contributed by atoms with Crippen LogP contribution in [0.2, 0.25) is 0 Å². The van der Waals surface area contributed by atoms with Crippen LogP contribution in [0.25, 0.3) is 0 Å². The molecule has 0 fully saturated rings. The van der Waals surface area contributed by atoms with Crippen molar-refractivity contribution >= 4 is 0 Å². The summed E-state index contributed by atoms with van der Waals surface area (Å²) in [6.07, 6.45) is 5.51. The molecule has 66 valence electrons. The molecule has 0 saturated carbocycles. The zero-order valence-electron chi connectivity index (χ0n) is 7.27. The minimum Gasteiger partial charge on any atom is -0.391 e. The van der Waals surface area contributed by atoms with Gasteiger partial charge in [-0.2, -0.15) is 0 Å². The lowest BCUT2D eigenvalue weighted by atomic mass is 9.92. The van der Waals surface area contributed by atoms with Crippen LogP contribution in [0.4, 0.5) is 0 Å². The number of imidazole rings is 1. The minimum absolute atomic E-state index is 0.184. The summed E-state index contributed by atoms with van der Waals surface area (Å²) >= 11 is 0. The molecule has 0 radical (unpaired) electrons. The van der Waals surface area contributed by atoms with Crippen LogP contribution in [0, 0.1) is 5.92 Å². The van der Waals surface area contributed by atoms with Gasteiger partial charge in [0.1, 0.15) is 5.82 Å². The maximum absolute atomic E-state index is 9.69. The van der Waals surface area contributed by atoms with E-state index in [1.807, 2.05) is 10.8 Å². The predicted octanol–water partition coefficient (Wildman–Crippen LogP) is 0.826. The first-order valence-electron chi connectivity index (χ1n) is 4.49. The van der Waals surface area contributed by atoms with E-state index in [-0.39, 0.29) is 6.10 Å². The molecule has 1 aliphatic rings. The molecule has 2 atom stereocenters. The molecular formula is C9H14N2O. The number of aliphatic hydroxyl groups is 1. The quantitative estimate of drug-likeness (QED) is 0.671. The lowest BCUT2D eigenvalue weighted by Crippen LogP contribution is -2.33. The lowest BCUT2D eigenvalue weighted by Gasteiger charge is -2.27. The molecule has 1 aromatic rings. The molecule has 12 heavy (non-hydrogen) atoms. The molecule has 0 aromatic carbocycles. The van der Waals surface area contributed by atoms with Gasteiger partial charge in [-0.3, -0.25) is 0 Å². The van der Waals surface area contributed by atoms with E-state index in [1.165, 1.54) is 0 Å². The zero-order chi connectivity index (χ0) is 8.55. The van der Waals surface area contributed by atoms with Gasteiger partial charge in [-0.1, -0.05) is 13.3 Å². The van der Waals surface area contributed by atoms with Gasteiger partial charge in [-0.05, 0) is 5.92 Å². The van der Waals surface area contributed by atoms with Gasteiger partial charge in [0, 0.05) is 18.8 Å². The fourth-order valence-corrected chi connectivity index (χ4v) is 1.83. The molecule has 1 N–H and O–H groups in total. The molecule has 3 nitrogen and oxygen atoms in total. The average Bonchev–Trinajstić information content (AvgIpc) is 2.49. The Morgan fingerprint density at radius 1 is 1.75 bits per heavy atom. The van der Waals surface area contributed by atoms with Crippen LogP contribution >= 0.6 is 0 Å². The Morgan fingerprint density at radius 2 is 2.58 bits per heavy atom. The second-order valence-electron chi connectivity index (χ2n) is 3.44. The third kappa shape index (κ3) is 1.14. The van der Waals surface area contributed by atoms with Crippen molar-refractivity contribution in [3.63, 3.8) is 0 Å². The highest BCUT2D eigenvalue weighted by Crippen LogP contribution is 2.21. The maximum atomic E-state index is 9.69. The number of hydrogen-bond acceptors (Lipinski definition) is 2. The lowest BCUT2D eigenvalue weighted by molar-refractivity contribution is 0.0713. The standard InChI is InChI=1S/C9H14N2O/c1-2-7-5-9-10-3-4-11(9)6-8(7)12/h3-4,7-8,12H,2,5-6H2,1H3. The van der Waals surface area contributed by atoms with E-state index >= 15 is 0 Å². The van der Waals surface area contributed by atoms with E-state index in [0.717, 1.165) is 18.7 Å². The van der Waals surface area contributed by atoms with Crippen LogP contribution in [0.3, 0.4) is 0 Å². The highest BCUT2D eigenvalue weighted by atomic mass is 16.3. The third-order valence-corrected chi connectivity index (χ3v) is 2.70. The second-order valence-corrected chi connectivity index (χ2v) is 3.44. The van der Waals surface area contributed by atoms with Gasteiger partial charge in [-0.25, -0.2) is 4.98 Å². The van der Waals surface area contributed by atoms with Crippen LogP contribution < -0.4 is 0 Å². The smallest absolute Gasteiger partial charge is 0.109 e. The van der Waals surface area contributed by atoms with Crippen molar-refractivity contribution in [1.82, 2.24) is 9.55 Å². The fraction of sp³-hybridized carbons (Fsp3) is 0.667. The highest BCUT2D eigenvalue weighted by Gasteiger charge is 2.25. The van der Waals surface area contributed by atoms with Gasteiger partial charge >= 0.3 is 0 Å². The summed E-state index contributed by atoms with van der Waals surface area (Å²) in [5, 5.41) is 9.69. The van der Waals surface area contributed by atoms with Gasteiger partial charge in [0.2, 0.25) is 0 Å². The fourth-order valence-electron chi connectivity index (χ4n) is 1.83. The minimum atomic E-state index is -0.184. The molecule has 3 heteroatoms. The maximum Gasteiger partial charge on any atom is 0.109 e. The summed E-state index contributed by atoms with van der Waals surface area (Å²) in [7, 11) is 0. The summed E-state index contributed by atoms with van der Waals surface area (Å²) in [4.78, 5) is 4.24. The molecule has 0 bridgehead atoms. The van der Waals surface area contributed by atoms with Crippen molar-refractivity contribution in [2.45, 2.75) is 32.4 Å². The third-order valence-electron chi connectivity index (χ3n) is 2.70. The SMILES string of the molecule is CCC1Cc2nccn2CC1O. The van der Waals surface area contributed by atoms with Crippen LogP contribution in [0.15, 0.2) is 12.4 Å². The Morgan fingerprint density at radius 3 is 3.33 bits per heavy atom. The van der Waals surface area contributed by atoms with Gasteiger partial charge in [0.05, 0.1) is 12.6 Å². The summed E-state index contributed by atoms with van der Waals surface area (Å²) in [6, 6.07) is 0. The van der Waals surface area contributed by atoms with E-state index in [0.29, 0.717) is 12.5 Å². The molecule has 2 rings (SSSR count). The second kappa shape index (κ2) is 2.90. The van der Waals surface area contributed by atoms with E-state index in [2.05, 4.69) is 11.9 Å². The number of rotatable bonds is 1. The van der Waals surface area contributed by atoms with Crippen molar-refractivity contribution in [2.24, 2.45) is 5.92 Å². The number of hydrogen-bond donors (Lipinski definition) is 1. The molecule has 0 spiro atoms. The van der Waals surface area contributed by atoms with Crippen LogP contribution in [0.5, 0.6) is 0 Å². The normalized spacial score (nSPS) is 28.5. The Labute approximate surface area is 72.0 Å². The van der Waals surface area contributed by atoms with Gasteiger partial charge < -0.3 is 9.67 Å². The van der Waals surface area contributed by atoms with Crippen molar-refractivity contribution in [3.05, 3.63) is 18.2 Å². The molecule has 1 aromatic heterocycles.